The lowest BCUT2D eigenvalue weighted by molar-refractivity contribution is 0.156. The van der Waals surface area contributed by atoms with E-state index in [1.807, 2.05) is 13.0 Å². The molecule has 0 amide bonds. The molecule has 1 aromatic rings. The van der Waals surface area contributed by atoms with Gasteiger partial charge in [0, 0.05) is 18.4 Å². The first-order chi connectivity index (χ1) is 5.24. The van der Waals surface area contributed by atoms with E-state index in [1.165, 1.54) is 0 Å². The van der Waals surface area contributed by atoms with E-state index in [1.54, 1.807) is 10.9 Å². The summed E-state index contributed by atoms with van der Waals surface area (Å²) in [5.41, 5.74) is 6.29. The number of rotatable bonds is 3. The van der Waals surface area contributed by atoms with Crippen LogP contribution in [-0.2, 0) is 6.54 Å². The summed E-state index contributed by atoms with van der Waals surface area (Å²) in [4.78, 5) is 0. The molecule has 0 spiro atoms. The van der Waals surface area contributed by atoms with Crippen LogP contribution in [0.4, 0.5) is 0 Å². The molecular weight excluding hydrogens is 142 g/mol. The van der Waals surface area contributed by atoms with Gasteiger partial charge in [-0.25, -0.2) is 0 Å². The average molecular weight is 155 g/mol. The van der Waals surface area contributed by atoms with Crippen molar-refractivity contribution in [3.05, 3.63) is 18.0 Å². The third-order valence-electron chi connectivity index (χ3n) is 1.58. The van der Waals surface area contributed by atoms with Crippen LogP contribution >= 0.6 is 0 Å². The quantitative estimate of drug-likeness (QED) is 0.619. The van der Waals surface area contributed by atoms with Crippen LogP contribution in [0.2, 0.25) is 0 Å². The number of nitrogens with two attached hydrogens (primary N) is 1. The van der Waals surface area contributed by atoms with E-state index in [-0.39, 0.29) is 6.54 Å². The van der Waals surface area contributed by atoms with Gasteiger partial charge in [0.25, 0.3) is 0 Å². The highest BCUT2D eigenvalue weighted by Gasteiger charge is 2.03. The molecule has 0 unspecified atom stereocenters. The van der Waals surface area contributed by atoms with Gasteiger partial charge in [-0.15, -0.1) is 0 Å². The van der Waals surface area contributed by atoms with Crippen molar-refractivity contribution in [3.8, 4) is 0 Å². The molecule has 62 valence electrons. The summed E-state index contributed by atoms with van der Waals surface area (Å²) in [5.74, 6) is 0. The second-order valence-electron chi connectivity index (χ2n) is 2.54. The maximum absolute atomic E-state index is 9.17. The summed E-state index contributed by atoms with van der Waals surface area (Å²) < 4.78 is 1.73. The van der Waals surface area contributed by atoms with E-state index in [2.05, 4.69) is 5.10 Å². The summed E-state index contributed by atoms with van der Waals surface area (Å²) in [5, 5.41) is 13.2. The maximum Gasteiger partial charge on any atom is 0.0858 e. The number of aliphatic hydroxyl groups is 1. The van der Waals surface area contributed by atoms with Crippen molar-refractivity contribution in [2.45, 2.75) is 19.6 Å². The maximum atomic E-state index is 9.17. The smallest absolute Gasteiger partial charge is 0.0858 e. The Balaban J connectivity index is 2.56. The van der Waals surface area contributed by atoms with Crippen LogP contribution in [0, 0.1) is 6.92 Å². The molecule has 0 aliphatic rings. The molecule has 4 nitrogen and oxygen atoms in total. The van der Waals surface area contributed by atoms with Gasteiger partial charge in [0.15, 0.2) is 0 Å². The summed E-state index contributed by atoms with van der Waals surface area (Å²) >= 11 is 0. The Kier molecular flexibility index (Phi) is 2.62. The lowest BCUT2D eigenvalue weighted by Crippen LogP contribution is -2.26. The van der Waals surface area contributed by atoms with Crippen LogP contribution in [0.3, 0.4) is 0 Å². The topological polar surface area (TPSA) is 64.1 Å². The van der Waals surface area contributed by atoms with E-state index >= 15 is 0 Å². The van der Waals surface area contributed by atoms with E-state index in [0.717, 1.165) is 5.69 Å². The zero-order valence-corrected chi connectivity index (χ0v) is 6.57. The Morgan fingerprint density at radius 2 is 2.55 bits per heavy atom. The van der Waals surface area contributed by atoms with Gasteiger partial charge in [-0.2, -0.15) is 5.10 Å². The van der Waals surface area contributed by atoms with Crippen molar-refractivity contribution in [1.82, 2.24) is 9.78 Å². The second-order valence-corrected chi connectivity index (χ2v) is 2.54. The van der Waals surface area contributed by atoms with Crippen molar-refractivity contribution in [2.24, 2.45) is 5.73 Å². The highest BCUT2D eigenvalue weighted by molar-refractivity contribution is 4.96. The zero-order chi connectivity index (χ0) is 8.27. The number of aryl methyl sites for hydroxylation is 1. The third-order valence-corrected chi connectivity index (χ3v) is 1.58. The van der Waals surface area contributed by atoms with Crippen molar-refractivity contribution < 1.29 is 5.11 Å². The molecule has 0 radical (unpaired) electrons. The van der Waals surface area contributed by atoms with Crippen LogP contribution in [0.1, 0.15) is 5.69 Å². The molecular formula is C7H13N3O. The minimum absolute atomic E-state index is 0.277. The summed E-state index contributed by atoms with van der Waals surface area (Å²) in [7, 11) is 0. The lowest BCUT2D eigenvalue weighted by atomic mass is 10.3. The molecule has 0 bridgehead atoms. The number of hydrogen-bond acceptors (Lipinski definition) is 3. The minimum Gasteiger partial charge on any atom is -0.390 e. The molecule has 0 saturated heterocycles. The fourth-order valence-corrected chi connectivity index (χ4v) is 0.864. The third kappa shape index (κ3) is 2.03. The minimum atomic E-state index is -0.492. The fourth-order valence-electron chi connectivity index (χ4n) is 0.864. The molecule has 0 aliphatic heterocycles. The SMILES string of the molecule is Cc1ccnn1C[C@H](O)CN. The van der Waals surface area contributed by atoms with Crippen molar-refractivity contribution >= 4 is 0 Å². The Bertz CT molecular complexity index is 221. The van der Waals surface area contributed by atoms with Crippen LogP contribution in [0.25, 0.3) is 0 Å². The van der Waals surface area contributed by atoms with Gasteiger partial charge in [-0.3, -0.25) is 4.68 Å². The van der Waals surface area contributed by atoms with E-state index in [4.69, 9.17) is 10.8 Å². The summed E-state index contributed by atoms with van der Waals surface area (Å²) in [6.07, 6.45) is 1.21. The Hall–Kier alpha value is -0.870. The van der Waals surface area contributed by atoms with Crippen molar-refractivity contribution in [3.63, 3.8) is 0 Å². The standard InChI is InChI=1S/C7H13N3O/c1-6-2-3-9-10(6)5-7(11)4-8/h2-3,7,11H,4-5,8H2,1H3/t7-/m1/s1. The number of aliphatic hydroxyl groups excluding tert-OH is 1. The second kappa shape index (κ2) is 3.50. The van der Waals surface area contributed by atoms with Gasteiger partial charge in [0.2, 0.25) is 0 Å². The van der Waals surface area contributed by atoms with Gasteiger partial charge in [0.1, 0.15) is 0 Å². The van der Waals surface area contributed by atoms with Crippen LogP contribution in [0.15, 0.2) is 12.3 Å². The summed E-state index contributed by atoms with van der Waals surface area (Å²) in [6, 6.07) is 1.89. The normalized spacial score (nSPS) is 13.4. The molecule has 0 aromatic carbocycles. The highest BCUT2D eigenvalue weighted by atomic mass is 16.3. The largest absolute Gasteiger partial charge is 0.390 e. The molecule has 0 fully saturated rings. The zero-order valence-electron chi connectivity index (χ0n) is 6.57. The Morgan fingerprint density at radius 3 is 3.00 bits per heavy atom. The predicted octanol–water partition coefficient (Wildman–Crippen LogP) is -0.489. The van der Waals surface area contributed by atoms with Gasteiger partial charge < -0.3 is 10.8 Å². The Morgan fingerprint density at radius 1 is 1.82 bits per heavy atom. The predicted molar refractivity (Wildman–Crippen MR) is 42.0 cm³/mol. The molecule has 1 rings (SSSR count). The van der Waals surface area contributed by atoms with Gasteiger partial charge >= 0.3 is 0 Å². The molecule has 0 saturated carbocycles. The average Bonchev–Trinajstić information content (AvgIpc) is 2.37. The van der Waals surface area contributed by atoms with Crippen LogP contribution in [-0.4, -0.2) is 27.5 Å². The van der Waals surface area contributed by atoms with Crippen molar-refractivity contribution in [1.29, 1.82) is 0 Å². The van der Waals surface area contributed by atoms with Gasteiger partial charge in [-0.1, -0.05) is 0 Å². The molecule has 4 heteroatoms. The molecule has 1 atom stereocenters. The summed E-state index contributed by atoms with van der Waals surface area (Å²) in [6.45, 7) is 2.70. The van der Waals surface area contributed by atoms with Crippen molar-refractivity contribution in [2.75, 3.05) is 6.54 Å². The molecule has 1 heterocycles. The Labute approximate surface area is 65.6 Å². The van der Waals surface area contributed by atoms with E-state index < -0.39 is 6.10 Å². The van der Waals surface area contributed by atoms with Crippen LogP contribution < -0.4 is 5.73 Å². The van der Waals surface area contributed by atoms with E-state index in [9.17, 15) is 0 Å². The van der Waals surface area contributed by atoms with Gasteiger partial charge in [0.05, 0.1) is 12.6 Å². The van der Waals surface area contributed by atoms with E-state index in [0.29, 0.717) is 6.54 Å². The first-order valence-electron chi connectivity index (χ1n) is 3.60. The number of nitrogens with zero attached hydrogens (tertiary/aromatic N) is 2. The lowest BCUT2D eigenvalue weighted by Gasteiger charge is -2.08. The highest BCUT2D eigenvalue weighted by Crippen LogP contribution is 1.96. The number of hydrogen-bond donors (Lipinski definition) is 2. The molecule has 11 heavy (non-hydrogen) atoms. The number of aromatic nitrogens is 2. The first kappa shape index (κ1) is 8.23. The molecule has 0 aliphatic carbocycles. The molecule has 3 N–H and O–H groups in total. The monoisotopic (exact) mass is 155 g/mol. The molecule has 1 aromatic heterocycles. The van der Waals surface area contributed by atoms with Gasteiger partial charge in [-0.05, 0) is 13.0 Å². The first-order valence-corrected chi connectivity index (χ1v) is 3.60. The fraction of sp³-hybridized carbons (Fsp3) is 0.571. The van der Waals surface area contributed by atoms with Crippen LogP contribution in [0.5, 0.6) is 0 Å².